The maximum Gasteiger partial charge on any atom is 0.253 e. The van der Waals surface area contributed by atoms with Crippen molar-refractivity contribution in [3.8, 4) is 0 Å². The van der Waals surface area contributed by atoms with Crippen LogP contribution in [-0.2, 0) is 4.79 Å². The number of hydrogen-bond donors (Lipinski definition) is 2. The van der Waals surface area contributed by atoms with Gasteiger partial charge in [-0.1, -0.05) is 6.07 Å². The Hall–Kier alpha value is -2.04. The zero-order valence-electron chi connectivity index (χ0n) is 11.1. The Balaban J connectivity index is 2.09. The lowest BCUT2D eigenvalue weighted by molar-refractivity contribution is -0.125. The van der Waals surface area contributed by atoms with E-state index in [1.54, 1.807) is 36.2 Å². The van der Waals surface area contributed by atoms with Crippen molar-refractivity contribution in [3.05, 3.63) is 29.8 Å². The molecule has 102 valence electrons. The fourth-order valence-corrected chi connectivity index (χ4v) is 2.43. The molecule has 1 aromatic rings. The van der Waals surface area contributed by atoms with E-state index in [0.717, 1.165) is 12.8 Å². The summed E-state index contributed by atoms with van der Waals surface area (Å²) in [6, 6.07) is 6.94. The van der Waals surface area contributed by atoms with Gasteiger partial charge in [0.15, 0.2) is 0 Å². The zero-order valence-corrected chi connectivity index (χ0v) is 11.1. The lowest BCUT2D eigenvalue weighted by atomic mass is 9.96. The summed E-state index contributed by atoms with van der Waals surface area (Å²) in [5.74, 6) is -0.158. The molecule has 1 aliphatic heterocycles. The average Bonchev–Trinajstić information content (AvgIpc) is 2.45. The highest BCUT2D eigenvalue weighted by Gasteiger charge is 2.28. The van der Waals surface area contributed by atoms with Crippen LogP contribution in [0.25, 0.3) is 0 Å². The van der Waals surface area contributed by atoms with Crippen LogP contribution in [0.5, 0.6) is 0 Å². The molecule has 2 amide bonds. The Bertz CT molecular complexity index is 487. The average molecular weight is 261 g/mol. The molecule has 0 aliphatic carbocycles. The van der Waals surface area contributed by atoms with Crippen LogP contribution in [0, 0.1) is 5.92 Å². The number of rotatable bonds is 2. The summed E-state index contributed by atoms with van der Waals surface area (Å²) in [5, 5.41) is 2.65. The molecule has 19 heavy (non-hydrogen) atoms. The molecule has 1 saturated heterocycles. The van der Waals surface area contributed by atoms with Gasteiger partial charge >= 0.3 is 0 Å². The van der Waals surface area contributed by atoms with Crippen molar-refractivity contribution in [2.24, 2.45) is 5.92 Å². The van der Waals surface area contributed by atoms with E-state index in [1.807, 2.05) is 0 Å². The van der Waals surface area contributed by atoms with Crippen LogP contribution >= 0.6 is 0 Å². The summed E-state index contributed by atoms with van der Waals surface area (Å²) in [6.07, 6.45) is 1.69. The Morgan fingerprint density at radius 3 is 2.89 bits per heavy atom. The molecular formula is C14H19N3O2. The second-order valence-corrected chi connectivity index (χ2v) is 4.83. The number of benzene rings is 1. The number of nitrogens with two attached hydrogens (primary N) is 1. The maximum absolute atomic E-state index is 12.3. The Kier molecular flexibility index (Phi) is 4.04. The highest BCUT2D eigenvalue weighted by atomic mass is 16.2. The quantitative estimate of drug-likeness (QED) is 0.776. The number of piperidine rings is 1. The lowest BCUT2D eigenvalue weighted by Crippen LogP contribution is -2.44. The molecule has 1 fully saturated rings. The zero-order chi connectivity index (χ0) is 13.8. The van der Waals surface area contributed by atoms with Crippen molar-refractivity contribution >= 4 is 17.5 Å². The van der Waals surface area contributed by atoms with E-state index in [4.69, 9.17) is 5.73 Å². The van der Waals surface area contributed by atoms with Gasteiger partial charge in [0.05, 0.1) is 5.92 Å². The molecule has 2 rings (SSSR count). The predicted octanol–water partition coefficient (Wildman–Crippen LogP) is 0.867. The number of amides is 2. The van der Waals surface area contributed by atoms with Gasteiger partial charge in [0.25, 0.3) is 5.91 Å². The number of nitrogens with one attached hydrogen (secondary N) is 1. The first-order valence-corrected chi connectivity index (χ1v) is 6.48. The first-order valence-electron chi connectivity index (χ1n) is 6.48. The van der Waals surface area contributed by atoms with Gasteiger partial charge in [0.2, 0.25) is 5.91 Å². The summed E-state index contributed by atoms with van der Waals surface area (Å²) in [4.78, 5) is 25.7. The summed E-state index contributed by atoms with van der Waals surface area (Å²) >= 11 is 0. The van der Waals surface area contributed by atoms with E-state index >= 15 is 0 Å². The summed E-state index contributed by atoms with van der Waals surface area (Å²) < 4.78 is 0. The molecule has 1 heterocycles. The molecule has 0 radical (unpaired) electrons. The van der Waals surface area contributed by atoms with Crippen LogP contribution in [0.4, 0.5) is 5.69 Å². The van der Waals surface area contributed by atoms with Crippen LogP contribution < -0.4 is 11.1 Å². The number of anilines is 1. The molecule has 0 saturated carbocycles. The Morgan fingerprint density at radius 2 is 2.21 bits per heavy atom. The van der Waals surface area contributed by atoms with E-state index in [0.29, 0.717) is 24.3 Å². The van der Waals surface area contributed by atoms with E-state index in [2.05, 4.69) is 5.32 Å². The summed E-state index contributed by atoms with van der Waals surface area (Å²) in [7, 11) is 1.63. The molecule has 0 aromatic heterocycles. The summed E-state index contributed by atoms with van der Waals surface area (Å²) in [6.45, 7) is 1.18. The van der Waals surface area contributed by atoms with Crippen molar-refractivity contribution in [2.75, 3.05) is 25.9 Å². The van der Waals surface area contributed by atoms with E-state index < -0.39 is 0 Å². The fraction of sp³-hybridized carbons (Fsp3) is 0.429. The third-order valence-corrected chi connectivity index (χ3v) is 3.46. The predicted molar refractivity (Wildman–Crippen MR) is 73.5 cm³/mol. The molecule has 0 bridgehead atoms. The van der Waals surface area contributed by atoms with Gasteiger partial charge in [-0.05, 0) is 31.0 Å². The van der Waals surface area contributed by atoms with Gasteiger partial charge < -0.3 is 16.0 Å². The SMILES string of the molecule is CNC(=O)C1CCCN(C(=O)c2cccc(N)c2)C1. The molecule has 1 aliphatic rings. The normalized spacial score (nSPS) is 19.0. The molecule has 1 atom stereocenters. The monoisotopic (exact) mass is 261 g/mol. The van der Waals surface area contributed by atoms with Crippen molar-refractivity contribution in [2.45, 2.75) is 12.8 Å². The minimum Gasteiger partial charge on any atom is -0.399 e. The Labute approximate surface area is 112 Å². The van der Waals surface area contributed by atoms with Gasteiger partial charge in [-0.3, -0.25) is 9.59 Å². The van der Waals surface area contributed by atoms with Gasteiger partial charge in [-0.25, -0.2) is 0 Å². The molecule has 3 N–H and O–H groups in total. The number of likely N-dealkylation sites (tertiary alicyclic amines) is 1. The van der Waals surface area contributed by atoms with Crippen LogP contribution in [-0.4, -0.2) is 36.9 Å². The first kappa shape index (κ1) is 13.4. The largest absolute Gasteiger partial charge is 0.399 e. The van der Waals surface area contributed by atoms with Crippen molar-refractivity contribution in [3.63, 3.8) is 0 Å². The Morgan fingerprint density at radius 1 is 1.42 bits per heavy atom. The number of nitrogens with zero attached hydrogens (tertiary/aromatic N) is 1. The number of hydrogen-bond acceptors (Lipinski definition) is 3. The van der Waals surface area contributed by atoms with Gasteiger partial charge in [-0.15, -0.1) is 0 Å². The minimum absolute atomic E-state index is 0.00470. The molecular weight excluding hydrogens is 242 g/mol. The number of nitrogen functional groups attached to an aromatic ring is 1. The van der Waals surface area contributed by atoms with Crippen LogP contribution in [0.3, 0.4) is 0 Å². The van der Waals surface area contributed by atoms with Crippen LogP contribution in [0.1, 0.15) is 23.2 Å². The van der Waals surface area contributed by atoms with Gasteiger partial charge in [0.1, 0.15) is 0 Å². The topological polar surface area (TPSA) is 75.4 Å². The highest BCUT2D eigenvalue weighted by Crippen LogP contribution is 2.19. The molecule has 0 spiro atoms. The smallest absolute Gasteiger partial charge is 0.253 e. The second kappa shape index (κ2) is 5.73. The third-order valence-electron chi connectivity index (χ3n) is 3.46. The van der Waals surface area contributed by atoms with E-state index in [1.165, 1.54) is 0 Å². The van der Waals surface area contributed by atoms with Gasteiger partial charge in [0, 0.05) is 31.4 Å². The molecule has 5 nitrogen and oxygen atoms in total. The standard InChI is InChI=1S/C14H19N3O2/c1-16-13(18)11-5-3-7-17(9-11)14(19)10-4-2-6-12(15)8-10/h2,4,6,8,11H,3,5,7,9,15H2,1H3,(H,16,18). The summed E-state index contributed by atoms with van der Waals surface area (Å²) in [5.41, 5.74) is 6.84. The lowest BCUT2D eigenvalue weighted by Gasteiger charge is -2.31. The second-order valence-electron chi connectivity index (χ2n) is 4.83. The molecule has 1 aromatic carbocycles. The van der Waals surface area contributed by atoms with E-state index in [9.17, 15) is 9.59 Å². The molecule has 1 unspecified atom stereocenters. The van der Waals surface area contributed by atoms with Crippen molar-refractivity contribution in [1.82, 2.24) is 10.2 Å². The highest BCUT2D eigenvalue weighted by molar-refractivity contribution is 5.95. The fourth-order valence-electron chi connectivity index (χ4n) is 2.43. The number of carbonyl (C=O) groups is 2. The minimum atomic E-state index is -0.108. The first-order chi connectivity index (χ1) is 9.11. The van der Waals surface area contributed by atoms with E-state index in [-0.39, 0.29) is 17.7 Å². The van der Waals surface area contributed by atoms with Crippen LogP contribution in [0.15, 0.2) is 24.3 Å². The van der Waals surface area contributed by atoms with Crippen molar-refractivity contribution < 1.29 is 9.59 Å². The number of carbonyl (C=O) groups excluding carboxylic acids is 2. The third kappa shape index (κ3) is 3.05. The maximum atomic E-state index is 12.3. The molecule has 5 heteroatoms. The van der Waals surface area contributed by atoms with Gasteiger partial charge in [-0.2, -0.15) is 0 Å². The van der Waals surface area contributed by atoms with Crippen molar-refractivity contribution in [1.29, 1.82) is 0 Å². The van der Waals surface area contributed by atoms with Crippen LogP contribution in [0.2, 0.25) is 0 Å².